The summed E-state index contributed by atoms with van der Waals surface area (Å²) in [4.78, 5) is 23.2. The highest BCUT2D eigenvalue weighted by Gasteiger charge is 2.33. The number of benzene rings is 1. The van der Waals surface area contributed by atoms with Crippen LogP contribution in [-0.2, 0) is 14.3 Å². The number of carbonyl (C=O) groups is 2. The minimum Gasteiger partial charge on any atom is -0.479 e. The summed E-state index contributed by atoms with van der Waals surface area (Å²) in [7, 11) is 0. The van der Waals surface area contributed by atoms with Crippen LogP contribution in [0.2, 0.25) is 5.02 Å². The number of carboxylic acid groups (broad SMARTS) is 1. The number of carbonyl (C=O) groups excluding carboxylic acids is 1. The average Bonchev–Trinajstić information content (AvgIpc) is 2.41. The monoisotopic (exact) mass is 312 g/mol. The second kappa shape index (κ2) is 6.43. The molecule has 1 aromatic carbocycles. The van der Waals surface area contributed by atoms with E-state index in [4.69, 9.17) is 16.3 Å². The summed E-state index contributed by atoms with van der Waals surface area (Å²) in [5.74, 6) is -1.66. The number of amides is 1. The SMILES string of the molecule is CC1(OCC(=O)N[C@@H](C(=O)O)c2ccccc2Cl)CNC1. The van der Waals surface area contributed by atoms with Crippen molar-refractivity contribution in [3.05, 3.63) is 34.9 Å². The van der Waals surface area contributed by atoms with Crippen LogP contribution in [0, 0.1) is 0 Å². The highest BCUT2D eigenvalue weighted by molar-refractivity contribution is 6.31. The van der Waals surface area contributed by atoms with E-state index in [0.717, 1.165) is 0 Å². The van der Waals surface area contributed by atoms with Crippen molar-refractivity contribution >= 4 is 23.5 Å². The topological polar surface area (TPSA) is 87.7 Å². The highest BCUT2D eigenvalue weighted by atomic mass is 35.5. The molecule has 6 nitrogen and oxygen atoms in total. The Bertz CT molecular complexity index is 546. The first-order valence-electron chi connectivity index (χ1n) is 6.52. The molecule has 1 fully saturated rings. The van der Waals surface area contributed by atoms with Crippen molar-refractivity contribution in [3.8, 4) is 0 Å². The third-order valence-corrected chi connectivity index (χ3v) is 3.66. The third kappa shape index (κ3) is 3.93. The Hall–Kier alpha value is -1.63. The van der Waals surface area contributed by atoms with Gasteiger partial charge in [0, 0.05) is 23.7 Å². The standard InChI is InChI=1S/C14H17ClN2O4/c1-14(7-16-8-14)21-6-11(18)17-12(13(19)20)9-4-2-3-5-10(9)15/h2-5,12,16H,6-8H2,1H3,(H,17,18)(H,19,20)/t12-/m1/s1. The quantitative estimate of drug-likeness (QED) is 0.728. The Balaban J connectivity index is 1.98. The number of hydrogen-bond acceptors (Lipinski definition) is 4. The van der Waals surface area contributed by atoms with Crippen LogP contribution >= 0.6 is 11.6 Å². The van der Waals surface area contributed by atoms with Gasteiger partial charge in [-0.15, -0.1) is 0 Å². The molecule has 7 heteroatoms. The van der Waals surface area contributed by atoms with Gasteiger partial charge in [0.25, 0.3) is 0 Å². The summed E-state index contributed by atoms with van der Waals surface area (Å²) < 4.78 is 5.47. The molecule has 2 rings (SSSR count). The Labute approximate surface area is 127 Å². The van der Waals surface area contributed by atoms with Crippen LogP contribution in [0.3, 0.4) is 0 Å². The van der Waals surface area contributed by atoms with E-state index in [1.807, 2.05) is 6.92 Å². The van der Waals surface area contributed by atoms with Crippen molar-refractivity contribution in [2.75, 3.05) is 19.7 Å². The zero-order valence-electron chi connectivity index (χ0n) is 11.6. The van der Waals surface area contributed by atoms with Crippen molar-refractivity contribution < 1.29 is 19.4 Å². The molecule has 0 aromatic heterocycles. The molecule has 1 heterocycles. The number of aliphatic carboxylic acids is 1. The van der Waals surface area contributed by atoms with E-state index in [1.54, 1.807) is 24.3 Å². The summed E-state index contributed by atoms with van der Waals surface area (Å²) in [6, 6.07) is 5.32. The number of rotatable bonds is 6. The lowest BCUT2D eigenvalue weighted by molar-refractivity contribution is -0.145. The van der Waals surface area contributed by atoms with Gasteiger partial charge in [0.2, 0.25) is 5.91 Å². The molecule has 0 radical (unpaired) electrons. The maximum Gasteiger partial charge on any atom is 0.330 e. The molecule has 0 aliphatic carbocycles. The Morgan fingerprint density at radius 3 is 2.67 bits per heavy atom. The van der Waals surface area contributed by atoms with Gasteiger partial charge in [-0.1, -0.05) is 29.8 Å². The number of carboxylic acids is 1. The molecule has 1 aliphatic rings. The van der Waals surface area contributed by atoms with E-state index < -0.39 is 17.9 Å². The van der Waals surface area contributed by atoms with Crippen molar-refractivity contribution in [3.63, 3.8) is 0 Å². The molecule has 1 aromatic rings. The van der Waals surface area contributed by atoms with E-state index in [1.165, 1.54) is 0 Å². The van der Waals surface area contributed by atoms with Crippen molar-refractivity contribution in [2.45, 2.75) is 18.6 Å². The van der Waals surface area contributed by atoms with Crippen molar-refractivity contribution in [1.82, 2.24) is 10.6 Å². The zero-order valence-corrected chi connectivity index (χ0v) is 12.3. The van der Waals surface area contributed by atoms with Crippen LogP contribution in [0.15, 0.2) is 24.3 Å². The van der Waals surface area contributed by atoms with E-state index in [0.29, 0.717) is 23.7 Å². The predicted molar refractivity (Wildman–Crippen MR) is 77.2 cm³/mol. The Kier molecular flexibility index (Phi) is 4.82. The maximum absolute atomic E-state index is 11.9. The zero-order chi connectivity index (χ0) is 15.5. The molecule has 0 saturated carbocycles. The largest absolute Gasteiger partial charge is 0.479 e. The summed E-state index contributed by atoms with van der Waals surface area (Å²) >= 11 is 5.97. The molecule has 0 bridgehead atoms. The van der Waals surface area contributed by atoms with Crippen LogP contribution < -0.4 is 10.6 Å². The second-order valence-corrected chi connectivity index (χ2v) is 5.61. The molecule has 0 spiro atoms. The number of nitrogens with one attached hydrogen (secondary N) is 2. The average molecular weight is 313 g/mol. The van der Waals surface area contributed by atoms with E-state index in [2.05, 4.69) is 10.6 Å². The predicted octanol–water partition coefficient (Wildman–Crippen LogP) is 0.960. The van der Waals surface area contributed by atoms with Crippen LogP contribution in [0.25, 0.3) is 0 Å². The van der Waals surface area contributed by atoms with Crippen molar-refractivity contribution in [2.24, 2.45) is 0 Å². The fourth-order valence-corrected chi connectivity index (χ4v) is 2.25. The maximum atomic E-state index is 11.9. The fourth-order valence-electron chi connectivity index (χ4n) is 2.00. The van der Waals surface area contributed by atoms with Gasteiger partial charge in [0.1, 0.15) is 6.61 Å². The summed E-state index contributed by atoms with van der Waals surface area (Å²) in [5, 5.41) is 15.0. The van der Waals surface area contributed by atoms with Crippen molar-refractivity contribution in [1.29, 1.82) is 0 Å². The number of hydrogen-bond donors (Lipinski definition) is 3. The van der Waals surface area contributed by atoms with Crippen LogP contribution in [0.1, 0.15) is 18.5 Å². The van der Waals surface area contributed by atoms with E-state index in [9.17, 15) is 14.7 Å². The molecular weight excluding hydrogens is 296 g/mol. The fraction of sp³-hybridized carbons (Fsp3) is 0.429. The van der Waals surface area contributed by atoms with Gasteiger partial charge in [-0.3, -0.25) is 4.79 Å². The summed E-state index contributed by atoms with van der Waals surface area (Å²) in [6.07, 6.45) is 0. The highest BCUT2D eigenvalue weighted by Crippen LogP contribution is 2.23. The molecule has 1 atom stereocenters. The first-order chi connectivity index (χ1) is 9.91. The minimum atomic E-state index is -1.19. The van der Waals surface area contributed by atoms with Gasteiger partial charge in [0.15, 0.2) is 6.04 Å². The molecule has 1 aliphatic heterocycles. The van der Waals surface area contributed by atoms with Gasteiger partial charge < -0.3 is 20.5 Å². The normalized spacial score (nSPS) is 17.6. The minimum absolute atomic E-state index is 0.188. The number of halogens is 1. The Morgan fingerprint density at radius 1 is 1.48 bits per heavy atom. The molecule has 1 saturated heterocycles. The third-order valence-electron chi connectivity index (χ3n) is 3.32. The first-order valence-corrected chi connectivity index (χ1v) is 6.90. The summed E-state index contributed by atoms with van der Waals surface area (Å²) in [6.45, 7) is 3.05. The molecule has 3 N–H and O–H groups in total. The van der Waals surface area contributed by atoms with E-state index in [-0.39, 0.29) is 12.2 Å². The molecule has 114 valence electrons. The second-order valence-electron chi connectivity index (χ2n) is 5.20. The lowest BCUT2D eigenvalue weighted by Gasteiger charge is -2.38. The first kappa shape index (κ1) is 15.8. The van der Waals surface area contributed by atoms with Gasteiger partial charge in [-0.2, -0.15) is 0 Å². The molecule has 1 amide bonds. The number of ether oxygens (including phenoxy) is 1. The van der Waals surface area contributed by atoms with Gasteiger partial charge in [-0.05, 0) is 13.0 Å². The van der Waals surface area contributed by atoms with Crippen LogP contribution in [0.5, 0.6) is 0 Å². The smallest absolute Gasteiger partial charge is 0.330 e. The van der Waals surface area contributed by atoms with Gasteiger partial charge in [-0.25, -0.2) is 4.79 Å². The molecule has 21 heavy (non-hydrogen) atoms. The summed E-state index contributed by atoms with van der Waals surface area (Å²) in [5.41, 5.74) is -0.0166. The van der Waals surface area contributed by atoms with Gasteiger partial charge in [0.05, 0.1) is 5.60 Å². The van der Waals surface area contributed by atoms with E-state index >= 15 is 0 Å². The van der Waals surface area contributed by atoms with Gasteiger partial charge >= 0.3 is 5.97 Å². The lowest BCUT2D eigenvalue weighted by Crippen LogP contribution is -2.59. The lowest BCUT2D eigenvalue weighted by atomic mass is 10.0. The van der Waals surface area contributed by atoms with Crippen LogP contribution in [0.4, 0.5) is 0 Å². The molecular formula is C14H17ClN2O4. The van der Waals surface area contributed by atoms with Crippen LogP contribution in [-0.4, -0.2) is 42.3 Å². The molecule has 0 unspecified atom stereocenters. The Morgan fingerprint density at radius 2 is 2.14 bits per heavy atom.